The van der Waals surface area contributed by atoms with Crippen LogP contribution in [-0.4, -0.2) is 21.7 Å². The van der Waals surface area contributed by atoms with Crippen LogP contribution in [0.4, 0.5) is 0 Å². The Kier molecular flexibility index (Phi) is 2.85. The summed E-state index contributed by atoms with van der Waals surface area (Å²) in [6.45, 7) is 5.78. The topological polar surface area (TPSA) is 30.7 Å². The van der Waals surface area contributed by atoms with Gasteiger partial charge in [-0.25, -0.2) is 4.68 Å². The van der Waals surface area contributed by atoms with Gasteiger partial charge < -0.3 is 0 Å². The fourth-order valence-electron chi connectivity index (χ4n) is 1.51. The summed E-state index contributed by atoms with van der Waals surface area (Å²) in [5, 5.41) is 7.71. The van der Waals surface area contributed by atoms with Gasteiger partial charge in [0.1, 0.15) is 0 Å². The summed E-state index contributed by atoms with van der Waals surface area (Å²) in [5.74, 6) is 0. The van der Waals surface area contributed by atoms with Crippen LogP contribution >= 0.6 is 0 Å². The van der Waals surface area contributed by atoms with Crippen LogP contribution in [0.5, 0.6) is 0 Å². The predicted octanol–water partition coefficient (Wildman–Crippen LogP) is 1.29. The molecule has 1 aromatic heterocycles. The van der Waals surface area contributed by atoms with E-state index >= 15 is 0 Å². The lowest BCUT2D eigenvalue weighted by Gasteiger charge is -2.04. The summed E-state index contributed by atoms with van der Waals surface area (Å²) in [6, 6.07) is 8.65. The van der Waals surface area contributed by atoms with Crippen LogP contribution in [0.2, 0.25) is 13.6 Å². The summed E-state index contributed by atoms with van der Waals surface area (Å²) in [6.07, 6.45) is 3.57. The number of hydrogen-bond donors (Lipinski definition) is 0. The lowest BCUT2D eigenvalue weighted by molar-refractivity contribution is 0.650. The maximum Gasteiger partial charge on any atom is 0.169 e. The molecule has 1 heterocycles. The Balaban J connectivity index is 2.11. The Bertz CT molecular complexity index is 406. The van der Waals surface area contributed by atoms with Crippen LogP contribution in [0.3, 0.4) is 0 Å². The predicted molar refractivity (Wildman–Crippen MR) is 62.7 cm³/mol. The zero-order chi connectivity index (χ0) is 10.7. The highest BCUT2D eigenvalue weighted by molar-refractivity contribution is 6.70. The third-order valence-corrected chi connectivity index (χ3v) is 2.46. The van der Waals surface area contributed by atoms with Crippen LogP contribution in [0.15, 0.2) is 36.7 Å². The molecule has 0 radical (unpaired) electrons. The molecule has 0 unspecified atom stereocenters. The van der Waals surface area contributed by atoms with Gasteiger partial charge in [-0.1, -0.05) is 48.6 Å². The van der Waals surface area contributed by atoms with E-state index in [2.05, 4.69) is 48.2 Å². The molecule has 0 fully saturated rings. The van der Waals surface area contributed by atoms with Crippen LogP contribution in [-0.2, 0) is 6.54 Å². The number of benzene rings is 1. The Morgan fingerprint density at radius 2 is 1.93 bits per heavy atom. The average Bonchev–Trinajstić information content (AvgIpc) is 2.71. The molecule has 0 spiro atoms. The van der Waals surface area contributed by atoms with Gasteiger partial charge in [-0.15, -0.1) is 5.10 Å². The van der Waals surface area contributed by atoms with Gasteiger partial charge in [0, 0.05) is 6.20 Å². The SMILES string of the molecule is CB(C)c1ccc(Cn2ccnn2)cc1. The van der Waals surface area contributed by atoms with E-state index in [1.165, 1.54) is 11.0 Å². The zero-order valence-corrected chi connectivity index (χ0v) is 9.09. The molecular weight excluding hydrogens is 185 g/mol. The molecule has 0 aliphatic rings. The summed E-state index contributed by atoms with van der Waals surface area (Å²) >= 11 is 0. The van der Waals surface area contributed by atoms with E-state index in [0.717, 1.165) is 6.54 Å². The second kappa shape index (κ2) is 4.30. The van der Waals surface area contributed by atoms with Gasteiger partial charge in [0.15, 0.2) is 6.71 Å². The molecule has 4 heteroatoms. The summed E-state index contributed by atoms with van der Waals surface area (Å²) in [5.41, 5.74) is 2.63. The van der Waals surface area contributed by atoms with Crippen molar-refractivity contribution in [1.82, 2.24) is 15.0 Å². The van der Waals surface area contributed by atoms with Crippen LogP contribution in [0.1, 0.15) is 5.56 Å². The number of rotatable bonds is 3. The average molecular weight is 199 g/mol. The number of aromatic nitrogens is 3. The normalized spacial score (nSPS) is 10.3. The van der Waals surface area contributed by atoms with Gasteiger partial charge in [-0.3, -0.25) is 0 Å². The molecule has 0 atom stereocenters. The second-order valence-corrected chi connectivity index (χ2v) is 4.00. The van der Waals surface area contributed by atoms with Crippen LogP contribution in [0, 0.1) is 0 Å². The van der Waals surface area contributed by atoms with Crippen molar-refractivity contribution in [3.8, 4) is 0 Å². The molecule has 0 N–H and O–H groups in total. The monoisotopic (exact) mass is 199 g/mol. The molecule has 0 bridgehead atoms. The van der Waals surface area contributed by atoms with Gasteiger partial charge in [-0.05, 0) is 5.56 Å². The lowest BCUT2D eigenvalue weighted by atomic mass is 9.49. The van der Waals surface area contributed by atoms with E-state index in [4.69, 9.17) is 0 Å². The van der Waals surface area contributed by atoms with E-state index < -0.39 is 0 Å². The molecule has 2 rings (SSSR count). The van der Waals surface area contributed by atoms with E-state index in [-0.39, 0.29) is 0 Å². The fourth-order valence-corrected chi connectivity index (χ4v) is 1.51. The molecule has 2 aromatic rings. The number of nitrogens with zero attached hydrogens (tertiary/aromatic N) is 3. The van der Waals surface area contributed by atoms with Crippen molar-refractivity contribution < 1.29 is 0 Å². The van der Waals surface area contributed by atoms with E-state index in [1.807, 2.05) is 10.9 Å². The van der Waals surface area contributed by atoms with Crippen molar-refractivity contribution in [3.63, 3.8) is 0 Å². The van der Waals surface area contributed by atoms with Crippen molar-refractivity contribution >= 4 is 12.2 Å². The Morgan fingerprint density at radius 3 is 2.47 bits per heavy atom. The molecule has 1 aromatic carbocycles. The highest BCUT2D eigenvalue weighted by Crippen LogP contribution is 2.00. The summed E-state index contributed by atoms with van der Waals surface area (Å²) in [4.78, 5) is 0. The van der Waals surface area contributed by atoms with Crippen LogP contribution in [0.25, 0.3) is 0 Å². The lowest BCUT2D eigenvalue weighted by Crippen LogP contribution is -2.22. The number of hydrogen-bond acceptors (Lipinski definition) is 2. The third kappa shape index (κ3) is 2.46. The van der Waals surface area contributed by atoms with Crippen molar-refractivity contribution in [2.45, 2.75) is 20.2 Å². The van der Waals surface area contributed by atoms with Gasteiger partial charge in [0.25, 0.3) is 0 Å². The van der Waals surface area contributed by atoms with Gasteiger partial charge in [0.05, 0.1) is 12.7 Å². The largest absolute Gasteiger partial charge is 0.248 e. The minimum atomic E-state index is 0.588. The zero-order valence-electron chi connectivity index (χ0n) is 9.09. The van der Waals surface area contributed by atoms with Crippen LogP contribution < -0.4 is 5.46 Å². The maximum absolute atomic E-state index is 3.94. The first-order valence-corrected chi connectivity index (χ1v) is 5.18. The highest BCUT2D eigenvalue weighted by atomic mass is 15.4. The fraction of sp³-hybridized carbons (Fsp3) is 0.273. The Morgan fingerprint density at radius 1 is 1.20 bits per heavy atom. The summed E-state index contributed by atoms with van der Waals surface area (Å²) in [7, 11) is 0. The first-order valence-electron chi connectivity index (χ1n) is 5.18. The molecule has 15 heavy (non-hydrogen) atoms. The minimum absolute atomic E-state index is 0.588. The summed E-state index contributed by atoms with van der Waals surface area (Å²) < 4.78 is 1.82. The van der Waals surface area contributed by atoms with E-state index in [0.29, 0.717) is 6.71 Å². The minimum Gasteiger partial charge on any atom is -0.248 e. The second-order valence-electron chi connectivity index (χ2n) is 4.00. The van der Waals surface area contributed by atoms with Crippen molar-refractivity contribution in [2.75, 3.05) is 0 Å². The Hall–Kier alpha value is -1.58. The van der Waals surface area contributed by atoms with Crippen molar-refractivity contribution in [1.29, 1.82) is 0 Å². The van der Waals surface area contributed by atoms with Gasteiger partial charge in [0.2, 0.25) is 0 Å². The molecular formula is C11H14BN3. The van der Waals surface area contributed by atoms with E-state index in [9.17, 15) is 0 Å². The molecule has 0 saturated heterocycles. The first-order chi connectivity index (χ1) is 7.25. The quantitative estimate of drug-likeness (QED) is 0.697. The molecule has 0 aliphatic carbocycles. The first kappa shape index (κ1) is 9.96. The molecule has 76 valence electrons. The smallest absolute Gasteiger partial charge is 0.169 e. The molecule has 0 aliphatic heterocycles. The van der Waals surface area contributed by atoms with Crippen molar-refractivity contribution in [2.24, 2.45) is 0 Å². The van der Waals surface area contributed by atoms with Crippen molar-refractivity contribution in [3.05, 3.63) is 42.2 Å². The standard InChI is InChI=1S/C11H14BN3/c1-12(2)11-5-3-10(4-6-11)9-15-8-7-13-14-15/h3-8H,9H2,1-2H3. The Labute approximate surface area is 90.2 Å². The highest BCUT2D eigenvalue weighted by Gasteiger charge is 2.02. The molecule has 3 nitrogen and oxygen atoms in total. The third-order valence-electron chi connectivity index (χ3n) is 2.46. The molecule has 0 amide bonds. The molecule has 0 saturated carbocycles. The van der Waals surface area contributed by atoms with E-state index in [1.54, 1.807) is 6.20 Å². The van der Waals surface area contributed by atoms with Gasteiger partial charge in [-0.2, -0.15) is 0 Å². The maximum atomic E-state index is 3.94. The van der Waals surface area contributed by atoms with Gasteiger partial charge >= 0.3 is 0 Å².